The number of nitrogen functional groups attached to an aromatic ring is 1. The molecule has 0 spiro atoms. The van der Waals surface area contributed by atoms with Gasteiger partial charge in [-0.15, -0.1) is 10.2 Å². The van der Waals surface area contributed by atoms with Crippen LogP contribution in [0, 0.1) is 0 Å². The van der Waals surface area contributed by atoms with Crippen LogP contribution >= 0.6 is 32.9 Å². The van der Waals surface area contributed by atoms with Crippen LogP contribution in [0.25, 0.3) is 10.6 Å². The minimum atomic E-state index is 0.771. The summed E-state index contributed by atoms with van der Waals surface area (Å²) in [5, 5.41) is 9.35. The second kappa shape index (κ2) is 7.01. The molecule has 2 aromatic rings. The molecule has 0 atom stereocenters. The summed E-state index contributed by atoms with van der Waals surface area (Å²) in [5.74, 6) is 1.16. The molecule has 1 aromatic carbocycles. The number of nitrogens with two attached hydrogens (primary N) is 1. The molecule has 0 saturated carbocycles. The van der Waals surface area contributed by atoms with E-state index >= 15 is 0 Å². The standard InChI is InChI=1S/C12H15N3S3/c1-2-3-8-16-18-12-15-14-11(17-12)9-4-6-10(13)7-5-9/h4-7H,2-3,8,13H2,1H3. The summed E-state index contributed by atoms with van der Waals surface area (Å²) >= 11 is 1.63. The Morgan fingerprint density at radius 3 is 2.72 bits per heavy atom. The molecule has 0 bridgehead atoms. The second-order valence-corrected chi connectivity index (χ2v) is 7.39. The van der Waals surface area contributed by atoms with Crippen molar-refractivity contribution in [2.24, 2.45) is 0 Å². The summed E-state index contributed by atoms with van der Waals surface area (Å²) in [6, 6.07) is 7.74. The van der Waals surface area contributed by atoms with Gasteiger partial charge >= 0.3 is 0 Å². The third-order valence-corrected chi connectivity index (χ3v) is 5.98. The maximum Gasteiger partial charge on any atom is 0.185 e. The predicted molar refractivity (Wildman–Crippen MR) is 83.0 cm³/mol. The highest BCUT2D eigenvalue weighted by Crippen LogP contribution is 2.36. The molecule has 3 nitrogen and oxygen atoms in total. The van der Waals surface area contributed by atoms with Crippen LogP contribution in [-0.4, -0.2) is 16.0 Å². The van der Waals surface area contributed by atoms with Crippen LogP contribution < -0.4 is 5.73 Å². The van der Waals surface area contributed by atoms with Gasteiger partial charge in [-0.25, -0.2) is 0 Å². The molecule has 18 heavy (non-hydrogen) atoms. The molecular formula is C12H15N3S3. The minimum Gasteiger partial charge on any atom is -0.399 e. The van der Waals surface area contributed by atoms with Gasteiger partial charge in [0.1, 0.15) is 5.01 Å². The van der Waals surface area contributed by atoms with Crippen LogP contribution in [0.1, 0.15) is 19.8 Å². The SMILES string of the molecule is CCCCSSc1nnc(-c2ccc(N)cc2)s1. The number of benzene rings is 1. The first-order valence-electron chi connectivity index (χ1n) is 5.78. The van der Waals surface area contributed by atoms with E-state index in [0.29, 0.717) is 0 Å². The Labute approximate surface area is 119 Å². The summed E-state index contributed by atoms with van der Waals surface area (Å²) in [6.45, 7) is 2.20. The van der Waals surface area contributed by atoms with Gasteiger partial charge in [-0.3, -0.25) is 0 Å². The Bertz CT molecular complexity index is 482. The van der Waals surface area contributed by atoms with Gasteiger partial charge in [0.2, 0.25) is 0 Å². The van der Waals surface area contributed by atoms with Gasteiger partial charge in [-0.05, 0) is 41.5 Å². The predicted octanol–water partition coefficient (Wildman–Crippen LogP) is 4.33. The number of hydrogen-bond acceptors (Lipinski definition) is 6. The molecule has 0 radical (unpaired) electrons. The van der Waals surface area contributed by atoms with E-state index in [9.17, 15) is 0 Å². The Hall–Kier alpha value is -0.720. The van der Waals surface area contributed by atoms with E-state index < -0.39 is 0 Å². The largest absolute Gasteiger partial charge is 0.399 e. The molecule has 1 heterocycles. The van der Waals surface area contributed by atoms with Crippen molar-refractivity contribution in [2.75, 3.05) is 11.5 Å². The van der Waals surface area contributed by atoms with Crippen molar-refractivity contribution in [3.05, 3.63) is 24.3 Å². The Morgan fingerprint density at radius 2 is 2.00 bits per heavy atom. The lowest BCUT2D eigenvalue weighted by Gasteiger charge is -1.95. The van der Waals surface area contributed by atoms with Crippen molar-refractivity contribution >= 4 is 38.6 Å². The number of hydrogen-bond donors (Lipinski definition) is 1. The molecule has 2 N–H and O–H groups in total. The van der Waals surface area contributed by atoms with Crippen molar-refractivity contribution < 1.29 is 0 Å². The number of nitrogens with zero attached hydrogens (tertiary/aromatic N) is 2. The third-order valence-electron chi connectivity index (χ3n) is 2.28. The molecule has 0 amide bonds. The average molecular weight is 297 g/mol. The van der Waals surface area contributed by atoms with E-state index in [1.807, 2.05) is 35.1 Å². The fraction of sp³-hybridized carbons (Fsp3) is 0.333. The first kappa shape index (κ1) is 13.7. The molecule has 6 heteroatoms. The van der Waals surface area contributed by atoms with Gasteiger partial charge in [0, 0.05) is 17.0 Å². The fourth-order valence-electron chi connectivity index (χ4n) is 1.28. The monoisotopic (exact) mass is 297 g/mol. The van der Waals surface area contributed by atoms with Gasteiger partial charge in [0.25, 0.3) is 0 Å². The van der Waals surface area contributed by atoms with Crippen molar-refractivity contribution in [3.63, 3.8) is 0 Å². The molecule has 0 saturated heterocycles. The maximum atomic E-state index is 5.66. The van der Waals surface area contributed by atoms with E-state index in [0.717, 1.165) is 26.4 Å². The van der Waals surface area contributed by atoms with Crippen LogP contribution in [0.2, 0.25) is 0 Å². The van der Waals surface area contributed by atoms with Crippen LogP contribution in [0.15, 0.2) is 28.6 Å². The Morgan fingerprint density at radius 1 is 1.22 bits per heavy atom. The van der Waals surface area contributed by atoms with E-state index in [4.69, 9.17) is 5.73 Å². The van der Waals surface area contributed by atoms with Gasteiger partial charge in [0.05, 0.1) is 0 Å². The number of rotatable bonds is 6. The highest BCUT2D eigenvalue weighted by Gasteiger charge is 2.07. The second-order valence-electron chi connectivity index (χ2n) is 3.75. The van der Waals surface area contributed by atoms with E-state index in [1.54, 1.807) is 22.1 Å². The molecular weight excluding hydrogens is 282 g/mol. The van der Waals surface area contributed by atoms with E-state index in [1.165, 1.54) is 12.8 Å². The zero-order chi connectivity index (χ0) is 12.8. The van der Waals surface area contributed by atoms with Gasteiger partial charge in [-0.2, -0.15) is 0 Å². The highest BCUT2D eigenvalue weighted by atomic mass is 33.1. The lowest BCUT2D eigenvalue weighted by Crippen LogP contribution is -1.83. The smallest absolute Gasteiger partial charge is 0.185 e. The molecule has 0 aliphatic rings. The molecule has 0 aliphatic carbocycles. The molecule has 1 aromatic heterocycles. The van der Waals surface area contributed by atoms with Crippen LogP contribution in [0.3, 0.4) is 0 Å². The summed E-state index contributed by atoms with van der Waals surface area (Å²) in [7, 11) is 3.56. The molecule has 0 fully saturated rings. The summed E-state index contributed by atoms with van der Waals surface area (Å²) in [6.07, 6.45) is 2.49. The number of unbranched alkanes of at least 4 members (excludes halogenated alkanes) is 1. The first-order chi connectivity index (χ1) is 8.79. The molecule has 96 valence electrons. The van der Waals surface area contributed by atoms with E-state index in [2.05, 4.69) is 17.1 Å². The van der Waals surface area contributed by atoms with Crippen LogP contribution in [0.4, 0.5) is 5.69 Å². The summed E-state index contributed by atoms with van der Waals surface area (Å²) in [4.78, 5) is 0. The lowest BCUT2D eigenvalue weighted by atomic mass is 10.2. The van der Waals surface area contributed by atoms with Crippen molar-refractivity contribution in [1.29, 1.82) is 0 Å². The quantitative estimate of drug-likeness (QED) is 0.488. The molecule has 0 unspecified atom stereocenters. The number of aromatic nitrogens is 2. The van der Waals surface area contributed by atoms with Crippen LogP contribution in [0.5, 0.6) is 0 Å². The Balaban J connectivity index is 1.95. The van der Waals surface area contributed by atoms with Gasteiger partial charge in [-0.1, -0.05) is 35.5 Å². The van der Waals surface area contributed by atoms with Gasteiger partial charge < -0.3 is 5.73 Å². The highest BCUT2D eigenvalue weighted by molar-refractivity contribution is 8.77. The lowest BCUT2D eigenvalue weighted by molar-refractivity contribution is 0.898. The number of anilines is 1. The summed E-state index contributed by atoms with van der Waals surface area (Å²) in [5.41, 5.74) is 7.51. The van der Waals surface area contributed by atoms with Crippen molar-refractivity contribution in [1.82, 2.24) is 10.2 Å². The average Bonchev–Trinajstić information content (AvgIpc) is 2.84. The van der Waals surface area contributed by atoms with E-state index in [-0.39, 0.29) is 0 Å². The third kappa shape index (κ3) is 3.90. The summed E-state index contributed by atoms with van der Waals surface area (Å²) < 4.78 is 1.02. The normalized spacial score (nSPS) is 10.7. The van der Waals surface area contributed by atoms with Gasteiger partial charge in [0.15, 0.2) is 4.34 Å². The maximum absolute atomic E-state index is 5.66. The molecule has 2 rings (SSSR count). The minimum absolute atomic E-state index is 0.771. The van der Waals surface area contributed by atoms with Crippen molar-refractivity contribution in [2.45, 2.75) is 24.1 Å². The van der Waals surface area contributed by atoms with Crippen LogP contribution in [-0.2, 0) is 0 Å². The molecule has 0 aliphatic heterocycles. The zero-order valence-corrected chi connectivity index (χ0v) is 12.6. The van der Waals surface area contributed by atoms with Crippen molar-refractivity contribution in [3.8, 4) is 10.6 Å². The Kier molecular flexibility index (Phi) is 5.34. The fourth-order valence-corrected chi connectivity index (χ4v) is 4.65. The first-order valence-corrected chi connectivity index (χ1v) is 8.92. The zero-order valence-electron chi connectivity index (χ0n) is 10.1. The topological polar surface area (TPSA) is 51.8 Å².